The van der Waals surface area contributed by atoms with E-state index in [1.165, 1.54) is 0 Å². The number of hydrogen-bond donors (Lipinski definition) is 0. The molecule has 12 heavy (non-hydrogen) atoms. The maximum atomic E-state index is 10.0. The Bertz CT molecular complexity index is 104. The van der Waals surface area contributed by atoms with E-state index in [0.29, 0.717) is 25.9 Å². The first kappa shape index (κ1) is 11.4. The molecule has 0 aliphatic heterocycles. The largest absolute Gasteiger partial charge is 0.438 e. The molecule has 0 saturated heterocycles. The first-order chi connectivity index (χ1) is 5.85. The molecule has 0 aliphatic carbocycles. The van der Waals surface area contributed by atoms with Gasteiger partial charge in [-0.1, -0.05) is 20.3 Å². The molecule has 1 radical (unpaired) electrons. The third kappa shape index (κ3) is 6.16. The van der Waals surface area contributed by atoms with E-state index in [0.717, 1.165) is 12.8 Å². The maximum absolute atomic E-state index is 10.0. The average molecular weight is 173 g/mol. The second-order valence-corrected chi connectivity index (χ2v) is 2.53. The molecule has 3 nitrogen and oxygen atoms in total. The minimum absolute atomic E-state index is 0.397. The fraction of sp³-hybridized carbons (Fsp3) is 0.778. The zero-order valence-corrected chi connectivity index (χ0v) is 7.62. The number of ether oxygens (including phenoxy) is 2. The predicted molar refractivity (Wildman–Crippen MR) is 46.4 cm³/mol. The van der Waals surface area contributed by atoms with E-state index in [4.69, 9.17) is 4.74 Å². The Morgan fingerprint density at radius 3 is 2.83 bits per heavy atom. The van der Waals surface area contributed by atoms with Crippen LogP contribution in [0.25, 0.3) is 0 Å². The molecule has 0 aromatic rings. The van der Waals surface area contributed by atoms with Crippen LogP contribution >= 0.6 is 0 Å². The molecule has 1 unspecified atom stereocenters. The molecule has 0 rings (SSSR count). The monoisotopic (exact) mass is 173 g/mol. The summed E-state index contributed by atoms with van der Waals surface area (Å²) in [6, 6.07) is 0. The average Bonchev–Trinajstić information content (AvgIpc) is 2.06. The minimum Gasteiger partial charge on any atom is -0.438 e. The van der Waals surface area contributed by atoms with Crippen LogP contribution in [0.3, 0.4) is 0 Å². The zero-order chi connectivity index (χ0) is 9.23. The zero-order valence-electron chi connectivity index (χ0n) is 7.62. The van der Waals surface area contributed by atoms with Gasteiger partial charge in [-0.25, -0.2) is 0 Å². The molecule has 1 atom stereocenters. The highest BCUT2D eigenvalue weighted by Crippen LogP contribution is 2.03. The number of unbranched alkanes of at least 4 members (excludes halogenated alkanes) is 1. The molecule has 0 N–H and O–H groups in total. The molecular weight excluding hydrogens is 156 g/mol. The molecule has 0 fully saturated rings. The van der Waals surface area contributed by atoms with Gasteiger partial charge in [0.2, 0.25) is 6.29 Å². The molecule has 0 aromatic carbocycles. The number of rotatable bonds is 8. The molecule has 0 bridgehead atoms. The Kier molecular flexibility index (Phi) is 8.12. The van der Waals surface area contributed by atoms with Gasteiger partial charge in [0.25, 0.3) is 6.47 Å². The highest BCUT2D eigenvalue weighted by atomic mass is 16.7. The molecule has 0 amide bonds. The van der Waals surface area contributed by atoms with Crippen molar-refractivity contribution in [1.82, 2.24) is 0 Å². The smallest absolute Gasteiger partial charge is 0.295 e. The van der Waals surface area contributed by atoms with Crippen molar-refractivity contribution >= 4 is 6.47 Å². The van der Waals surface area contributed by atoms with Gasteiger partial charge in [-0.05, 0) is 12.8 Å². The summed E-state index contributed by atoms with van der Waals surface area (Å²) in [5.41, 5.74) is 0. The third-order valence-corrected chi connectivity index (χ3v) is 1.45. The van der Waals surface area contributed by atoms with Crippen molar-refractivity contribution in [3.05, 3.63) is 6.92 Å². The molecule has 71 valence electrons. The summed E-state index contributed by atoms with van der Waals surface area (Å²) in [6.07, 6.45) is 3.06. The van der Waals surface area contributed by atoms with Crippen LogP contribution in [0.1, 0.15) is 32.6 Å². The highest BCUT2D eigenvalue weighted by Gasteiger charge is 2.06. The van der Waals surface area contributed by atoms with Crippen LogP contribution in [-0.2, 0) is 14.3 Å². The lowest BCUT2D eigenvalue weighted by Crippen LogP contribution is -2.16. The van der Waals surface area contributed by atoms with Gasteiger partial charge < -0.3 is 9.47 Å². The van der Waals surface area contributed by atoms with Crippen molar-refractivity contribution < 1.29 is 14.3 Å². The molecule has 0 aliphatic rings. The van der Waals surface area contributed by atoms with E-state index in [1.807, 2.05) is 0 Å². The van der Waals surface area contributed by atoms with Crippen LogP contribution in [0.4, 0.5) is 0 Å². The Morgan fingerprint density at radius 1 is 1.58 bits per heavy atom. The van der Waals surface area contributed by atoms with E-state index in [1.54, 1.807) is 0 Å². The molecular formula is C9H17O3. The van der Waals surface area contributed by atoms with E-state index in [9.17, 15) is 4.79 Å². The topological polar surface area (TPSA) is 35.5 Å². The Balaban J connectivity index is 3.40. The third-order valence-electron chi connectivity index (χ3n) is 1.45. The fourth-order valence-electron chi connectivity index (χ4n) is 0.778. The summed E-state index contributed by atoms with van der Waals surface area (Å²) >= 11 is 0. The summed E-state index contributed by atoms with van der Waals surface area (Å²) < 4.78 is 9.96. The first-order valence-electron chi connectivity index (χ1n) is 4.35. The van der Waals surface area contributed by atoms with Crippen molar-refractivity contribution in [2.75, 3.05) is 6.61 Å². The maximum Gasteiger partial charge on any atom is 0.295 e. The van der Waals surface area contributed by atoms with Gasteiger partial charge in [0.05, 0.1) is 6.61 Å². The van der Waals surface area contributed by atoms with Crippen molar-refractivity contribution in [1.29, 1.82) is 0 Å². The minimum atomic E-state index is -0.397. The van der Waals surface area contributed by atoms with Gasteiger partial charge in [0.1, 0.15) is 0 Å². The Morgan fingerprint density at radius 2 is 2.33 bits per heavy atom. The second kappa shape index (κ2) is 8.53. The van der Waals surface area contributed by atoms with Crippen LogP contribution in [0, 0.1) is 6.92 Å². The number of carbonyl (C=O) groups is 1. The quantitative estimate of drug-likeness (QED) is 0.319. The summed E-state index contributed by atoms with van der Waals surface area (Å²) in [6.45, 7) is 6.81. The van der Waals surface area contributed by atoms with Crippen LogP contribution < -0.4 is 0 Å². The Hall–Kier alpha value is -0.570. The van der Waals surface area contributed by atoms with Gasteiger partial charge in [-0.15, -0.1) is 0 Å². The van der Waals surface area contributed by atoms with Crippen LogP contribution in [0.15, 0.2) is 0 Å². The van der Waals surface area contributed by atoms with Crippen LogP contribution in [0.5, 0.6) is 0 Å². The summed E-state index contributed by atoms with van der Waals surface area (Å²) in [5.74, 6) is 0. The molecule has 0 heterocycles. The molecule has 0 saturated carbocycles. The lowest BCUT2D eigenvalue weighted by Gasteiger charge is -2.14. The van der Waals surface area contributed by atoms with Gasteiger partial charge in [0.15, 0.2) is 0 Å². The van der Waals surface area contributed by atoms with Gasteiger partial charge in [-0.3, -0.25) is 4.79 Å². The molecule has 0 aromatic heterocycles. The second-order valence-electron chi connectivity index (χ2n) is 2.53. The lowest BCUT2D eigenvalue weighted by molar-refractivity contribution is -0.165. The van der Waals surface area contributed by atoms with Crippen molar-refractivity contribution in [2.45, 2.75) is 38.9 Å². The van der Waals surface area contributed by atoms with E-state index < -0.39 is 6.29 Å². The summed E-state index contributed by atoms with van der Waals surface area (Å²) in [7, 11) is 0. The molecule has 0 spiro atoms. The van der Waals surface area contributed by atoms with Crippen molar-refractivity contribution in [2.24, 2.45) is 0 Å². The van der Waals surface area contributed by atoms with Crippen molar-refractivity contribution in [3.63, 3.8) is 0 Å². The van der Waals surface area contributed by atoms with Gasteiger partial charge in [-0.2, -0.15) is 0 Å². The predicted octanol–water partition coefficient (Wildman–Crippen LogP) is 1.92. The van der Waals surface area contributed by atoms with Crippen LogP contribution in [-0.4, -0.2) is 19.4 Å². The highest BCUT2D eigenvalue weighted by molar-refractivity contribution is 5.37. The number of hydrogen-bond acceptors (Lipinski definition) is 3. The Labute approximate surface area is 74.0 Å². The van der Waals surface area contributed by atoms with E-state index in [-0.39, 0.29) is 0 Å². The lowest BCUT2D eigenvalue weighted by atomic mass is 10.3. The van der Waals surface area contributed by atoms with Crippen LogP contribution in [0.2, 0.25) is 0 Å². The normalized spacial score (nSPS) is 12.5. The number of carbonyl (C=O) groups excluding carboxylic acids is 1. The molecule has 3 heteroatoms. The van der Waals surface area contributed by atoms with Gasteiger partial charge in [0, 0.05) is 6.42 Å². The fourth-order valence-corrected chi connectivity index (χ4v) is 0.778. The SMILES string of the molecule is [CH2]CCC(OC=O)OCCCC. The van der Waals surface area contributed by atoms with Crippen molar-refractivity contribution in [3.8, 4) is 0 Å². The first-order valence-corrected chi connectivity index (χ1v) is 4.35. The van der Waals surface area contributed by atoms with Gasteiger partial charge >= 0.3 is 0 Å². The standard InChI is InChI=1S/C9H17O3/c1-3-5-7-11-9(6-4-2)12-8-10/h8-9H,2-7H2,1H3. The van der Waals surface area contributed by atoms with E-state index >= 15 is 0 Å². The summed E-state index contributed by atoms with van der Waals surface area (Å²) in [5, 5.41) is 0. The summed E-state index contributed by atoms with van der Waals surface area (Å²) in [4.78, 5) is 10.0. The van der Waals surface area contributed by atoms with E-state index in [2.05, 4.69) is 18.6 Å².